The fourth-order valence-corrected chi connectivity index (χ4v) is 4.13. The van der Waals surface area contributed by atoms with Crippen molar-refractivity contribution >= 4 is 0 Å². The van der Waals surface area contributed by atoms with Crippen LogP contribution in [0.15, 0.2) is 12.3 Å². The lowest BCUT2D eigenvalue weighted by atomic mass is 10.1. The van der Waals surface area contributed by atoms with Gasteiger partial charge in [0.15, 0.2) is 0 Å². The third-order valence-electron chi connectivity index (χ3n) is 6.35. The molecular weight excluding hydrogens is 372 g/mol. The molecule has 0 aromatic carbocycles. The molecule has 0 N–H and O–H groups in total. The third kappa shape index (κ3) is 4.52. The predicted octanol–water partition coefficient (Wildman–Crippen LogP) is 5.40. The highest BCUT2D eigenvalue weighted by Gasteiger charge is 2.19. The summed E-state index contributed by atoms with van der Waals surface area (Å²) in [7, 11) is 0. The van der Waals surface area contributed by atoms with Crippen molar-refractivity contribution in [2.45, 2.75) is 99.7 Å². The summed E-state index contributed by atoms with van der Waals surface area (Å²) < 4.78 is 6.40. The van der Waals surface area contributed by atoms with Crippen molar-refractivity contribution in [2.75, 3.05) is 0 Å². The van der Waals surface area contributed by atoms with Crippen LogP contribution in [0.4, 0.5) is 0 Å². The minimum atomic E-state index is 0.289. The molecule has 0 fully saturated rings. The Balaban J connectivity index is 1.69. The highest BCUT2D eigenvalue weighted by molar-refractivity contribution is 5.25. The number of hydrogen-bond acceptors (Lipinski definition) is 3. The summed E-state index contributed by atoms with van der Waals surface area (Å²) in [5.74, 6) is 0. The standard InChI is InChI=1S/C24H38N6/c1-15(2)29-19(6)12-23(26-29)11-10-17(4)30-22(9)20(7)24(27-30)13-18(5)28-14-16(3)21(8)25-28/h12,14-15,17-18H,10-11,13H2,1-9H3. The Morgan fingerprint density at radius 2 is 1.57 bits per heavy atom. The molecule has 164 valence electrons. The van der Waals surface area contributed by atoms with Crippen molar-refractivity contribution in [3.63, 3.8) is 0 Å². The smallest absolute Gasteiger partial charge is 0.0677 e. The van der Waals surface area contributed by atoms with Crippen LogP contribution in [0.3, 0.4) is 0 Å². The zero-order valence-corrected chi connectivity index (χ0v) is 20.2. The van der Waals surface area contributed by atoms with Gasteiger partial charge in [-0.15, -0.1) is 0 Å². The molecule has 3 rings (SSSR count). The largest absolute Gasteiger partial charge is 0.269 e. The first kappa shape index (κ1) is 22.3. The van der Waals surface area contributed by atoms with Gasteiger partial charge in [-0.1, -0.05) is 0 Å². The lowest BCUT2D eigenvalue weighted by molar-refractivity contribution is 0.433. The number of aryl methyl sites for hydroxylation is 4. The first-order chi connectivity index (χ1) is 14.1. The van der Waals surface area contributed by atoms with E-state index in [1.807, 2.05) is 0 Å². The Bertz CT molecular complexity index is 984. The van der Waals surface area contributed by atoms with Crippen LogP contribution in [0.25, 0.3) is 0 Å². The Morgan fingerprint density at radius 1 is 0.867 bits per heavy atom. The van der Waals surface area contributed by atoms with E-state index in [-0.39, 0.29) is 6.04 Å². The second-order valence-corrected chi connectivity index (χ2v) is 9.24. The summed E-state index contributed by atoms with van der Waals surface area (Å²) >= 11 is 0. The van der Waals surface area contributed by atoms with E-state index in [9.17, 15) is 0 Å². The van der Waals surface area contributed by atoms with E-state index < -0.39 is 0 Å². The number of hydrogen-bond donors (Lipinski definition) is 0. The zero-order valence-electron chi connectivity index (χ0n) is 20.2. The van der Waals surface area contributed by atoms with Gasteiger partial charge in [0.25, 0.3) is 0 Å². The predicted molar refractivity (Wildman–Crippen MR) is 122 cm³/mol. The van der Waals surface area contributed by atoms with Crippen LogP contribution in [0.1, 0.15) is 91.8 Å². The highest BCUT2D eigenvalue weighted by Crippen LogP contribution is 2.24. The summed E-state index contributed by atoms with van der Waals surface area (Å²) in [6.45, 7) is 19.5. The molecule has 0 bridgehead atoms. The molecule has 0 saturated carbocycles. The molecule has 3 heterocycles. The molecule has 0 aliphatic heterocycles. The van der Waals surface area contributed by atoms with Gasteiger partial charge in [0, 0.05) is 36.1 Å². The van der Waals surface area contributed by atoms with Gasteiger partial charge in [-0.2, -0.15) is 15.3 Å². The van der Waals surface area contributed by atoms with Crippen molar-refractivity contribution in [2.24, 2.45) is 0 Å². The van der Waals surface area contributed by atoms with E-state index in [2.05, 4.69) is 93.7 Å². The van der Waals surface area contributed by atoms with Crippen LogP contribution in [0, 0.1) is 34.6 Å². The van der Waals surface area contributed by atoms with E-state index in [1.165, 1.54) is 33.9 Å². The molecule has 0 spiro atoms. The Labute approximate surface area is 181 Å². The first-order valence-electron chi connectivity index (χ1n) is 11.2. The minimum Gasteiger partial charge on any atom is -0.269 e. The zero-order chi connectivity index (χ0) is 22.2. The van der Waals surface area contributed by atoms with Gasteiger partial charge in [0.1, 0.15) is 0 Å². The molecule has 3 aromatic rings. The fraction of sp³-hybridized carbons (Fsp3) is 0.625. The maximum atomic E-state index is 5.02. The Morgan fingerprint density at radius 3 is 2.13 bits per heavy atom. The monoisotopic (exact) mass is 410 g/mol. The molecule has 0 radical (unpaired) electrons. The average molecular weight is 411 g/mol. The summed E-state index contributed by atoms with van der Waals surface area (Å²) in [6, 6.07) is 3.25. The third-order valence-corrected chi connectivity index (χ3v) is 6.35. The lowest BCUT2D eigenvalue weighted by Gasteiger charge is -2.14. The molecule has 0 aliphatic carbocycles. The molecule has 6 nitrogen and oxygen atoms in total. The van der Waals surface area contributed by atoms with Crippen molar-refractivity contribution < 1.29 is 0 Å². The lowest BCUT2D eigenvalue weighted by Crippen LogP contribution is -2.12. The summed E-state index contributed by atoms with van der Waals surface area (Å²) in [5.41, 5.74) is 8.49. The van der Waals surface area contributed by atoms with Gasteiger partial charge < -0.3 is 0 Å². The van der Waals surface area contributed by atoms with Crippen LogP contribution in [-0.2, 0) is 12.8 Å². The second-order valence-electron chi connectivity index (χ2n) is 9.24. The number of aromatic nitrogens is 6. The van der Waals surface area contributed by atoms with E-state index in [0.717, 1.165) is 25.0 Å². The summed E-state index contributed by atoms with van der Waals surface area (Å²) in [6.07, 6.45) is 5.03. The van der Waals surface area contributed by atoms with E-state index in [1.54, 1.807) is 0 Å². The quantitative estimate of drug-likeness (QED) is 0.500. The number of nitrogens with zero attached hydrogens (tertiary/aromatic N) is 6. The maximum Gasteiger partial charge on any atom is 0.0677 e. The van der Waals surface area contributed by atoms with Crippen LogP contribution in [0.2, 0.25) is 0 Å². The number of rotatable bonds is 8. The molecule has 0 amide bonds. The minimum absolute atomic E-state index is 0.289. The van der Waals surface area contributed by atoms with Gasteiger partial charge in [0.05, 0.1) is 23.1 Å². The van der Waals surface area contributed by atoms with Gasteiger partial charge in [0.2, 0.25) is 0 Å². The molecule has 6 heteroatoms. The van der Waals surface area contributed by atoms with Crippen molar-refractivity contribution in [1.29, 1.82) is 0 Å². The molecule has 2 unspecified atom stereocenters. The van der Waals surface area contributed by atoms with Gasteiger partial charge >= 0.3 is 0 Å². The van der Waals surface area contributed by atoms with Crippen LogP contribution in [-0.4, -0.2) is 29.3 Å². The van der Waals surface area contributed by atoms with Crippen molar-refractivity contribution in [3.05, 3.63) is 51.9 Å². The normalized spacial score (nSPS) is 13.9. The van der Waals surface area contributed by atoms with E-state index >= 15 is 0 Å². The molecule has 3 aromatic heterocycles. The van der Waals surface area contributed by atoms with Gasteiger partial charge in [-0.05, 0) is 92.3 Å². The van der Waals surface area contributed by atoms with Crippen LogP contribution in [0.5, 0.6) is 0 Å². The molecule has 30 heavy (non-hydrogen) atoms. The second kappa shape index (κ2) is 8.78. The Kier molecular flexibility index (Phi) is 6.53. The highest BCUT2D eigenvalue weighted by atomic mass is 15.3. The topological polar surface area (TPSA) is 53.5 Å². The maximum absolute atomic E-state index is 5.02. The SMILES string of the molecule is Cc1cn(C(C)Cc2nn(C(C)CCc3cc(C)n(C(C)C)n3)c(C)c2C)nc1C. The van der Waals surface area contributed by atoms with Crippen LogP contribution >= 0.6 is 0 Å². The van der Waals surface area contributed by atoms with Crippen molar-refractivity contribution in [1.82, 2.24) is 29.3 Å². The van der Waals surface area contributed by atoms with Gasteiger partial charge in [-0.25, -0.2) is 0 Å². The van der Waals surface area contributed by atoms with Crippen LogP contribution < -0.4 is 0 Å². The average Bonchev–Trinajstić information content (AvgIpc) is 3.31. The van der Waals surface area contributed by atoms with Crippen molar-refractivity contribution in [3.8, 4) is 0 Å². The fourth-order valence-electron chi connectivity index (χ4n) is 4.13. The molecule has 0 aliphatic rings. The molecule has 2 atom stereocenters. The Hall–Kier alpha value is -2.37. The first-order valence-corrected chi connectivity index (χ1v) is 11.2. The van der Waals surface area contributed by atoms with Gasteiger partial charge in [-0.3, -0.25) is 14.0 Å². The summed E-state index contributed by atoms with van der Waals surface area (Å²) in [4.78, 5) is 0. The van der Waals surface area contributed by atoms with E-state index in [4.69, 9.17) is 10.2 Å². The van der Waals surface area contributed by atoms with E-state index in [0.29, 0.717) is 12.1 Å². The summed E-state index contributed by atoms with van der Waals surface area (Å²) in [5, 5.41) is 14.5. The molecular formula is C24H38N6. The molecule has 0 saturated heterocycles.